The van der Waals surface area contributed by atoms with Crippen molar-refractivity contribution in [2.75, 3.05) is 14.2 Å². The fourth-order valence-corrected chi connectivity index (χ4v) is 2.76. The summed E-state index contributed by atoms with van der Waals surface area (Å²) in [4.78, 5) is 11.9. The van der Waals surface area contributed by atoms with Gasteiger partial charge in [0.15, 0.2) is 0 Å². The van der Waals surface area contributed by atoms with Crippen LogP contribution in [-0.4, -0.2) is 20.2 Å². The molecule has 1 unspecified atom stereocenters. The second-order valence-corrected chi connectivity index (χ2v) is 5.32. The van der Waals surface area contributed by atoms with Gasteiger partial charge in [0.25, 0.3) is 0 Å². The summed E-state index contributed by atoms with van der Waals surface area (Å²) in [6.45, 7) is 4.01. The van der Waals surface area contributed by atoms with Gasteiger partial charge in [0.1, 0.15) is 5.75 Å². The highest BCUT2D eigenvalue weighted by Crippen LogP contribution is 2.56. The third kappa shape index (κ3) is 2.21. The molecule has 0 aromatic heterocycles. The van der Waals surface area contributed by atoms with Gasteiger partial charge in [0.05, 0.1) is 19.6 Å². The summed E-state index contributed by atoms with van der Waals surface area (Å²) in [7, 11) is 3.04. The van der Waals surface area contributed by atoms with Crippen molar-refractivity contribution in [2.45, 2.75) is 32.7 Å². The lowest BCUT2D eigenvalue weighted by Crippen LogP contribution is -2.32. The third-order valence-corrected chi connectivity index (χ3v) is 4.00. The minimum atomic E-state index is -0.567. The molecule has 1 atom stereocenters. The van der Waals surface area contributed by atoms with Gasteiger partial charge in [-0.2, -0.15) is 0 Å². The van der Waals surface area contributed by atoms with Crippen molar-refractivity contribution < 1.29 is 14.3 Å². The first-order valence-electron chi connectivity index (χ1n) is 6.45. The number of nitrogens with two attached hydrogens (primary N) is 1. The lowest BCUT2D eigenvalue weighted by atomic mass is 9.87. The van der Waals surface area contributed by atoms with Crippen LogP contribution in [0.15, 0.2) is 12.1 Å². The second-order valence-electron chi connectivity index (χ2n) is 5.32. The Labute approximate surface area is 113 Å². The van der Waals surface area contributed by atoms with Crippen molar-refractivity contribution in [1.82, 2.24) is 0 Å². The Bertz CT molecular complexity index is 506. The van der Waals surface area contributed by atoms with Crippen LogP contribution in [0.5, 0.6) is 5.75 Å². The van der Waals surface area contributed by atoms with Crippen LogP contribution in [0.25, 0.3) is 0 Å². The van der Waals surface area contributed by atoms with Gasteiger partial charge in [-0.05, 0) is 43.9 Å². The van der Waals surface area contributed by atoms with E-state index in [0.29, 0.717) is 0 Å². The second kappa shape index (κ2) is 4.85. The standard InChI is InChI=1S/C15H21NO3/c1-9-7-10(2)12(11(8-9)18-3)13(16)15(5-6-15)14(17)19-4/h7-8,13H,5-6,16H2,1-4H3. The van der Waals surface area contributed by atoms with E-state index in [0.717, 1.165) is 35.3 Å². The van der Waals surface area contributed by atoms with Crippen molar-refractivity contribution in [2.24, 2.45) is 11.1 Å². The average Bonchev–Trinajstić information content (AvgIpc) is 3.17. The molecule has 104 valence electrons. The van der Waals surface area contributed by atoms with Crippen molar-refractivity contribution in [1.29, 1.82) is 0 Å². The monoisotopic (exact) mass is 263 g/mol. The van der Waals surface area contributed by atoms with E-state index in [1.807, 2.05) is 19.9 Å². The molecule has 1 aliphatic rings. The van der Waals surface area contributed by atoms with Gasteiger partial charge >= 0.3 is 5.97 Å². The van der Waals surface area contributed by atoms with E-state index >= 15 is 0 Å². The maximum Gasteiger partial charge on any atom is 0.313 e. The molecule has 1 fully saturated rings. The Morgan fingerprint density at radius 1 is 1.32 bits per heavy atom. The van der Waals surface area contributed by atoms with E-state index in [-0.39, 0.29) is 12.0 Å². The molecule has 2 rings (SSSR count). The van der Waals surface area contributed by atoms with Crippen LogP contribution in [0.3, 0.4) is 0 Å². The summed E-state index contributed by atoms with van der Waals surface area (Å²) in [6, 6.07) is 3.64. The first kappa shape index (κ1) is 13.9. The molecule has 0 spiro atoms. The van der Waals surface area contributed by atoms with Gasteiger partial charge in [-0.25, -0.2) is 0 Å². The Balaban J connectivity index is 2.45. The number of carbonyl (C=O) groups excluding carboxylic acids is 1. The van der Waals surface area contributed by atoms with Gasteiger partial charge < -0.3 is 15.2 Å². The predicted octanol–water partition coefficient (Wildman–Crippen LogP) is 2.27. The Hall–Kier alpha value is -1.55. The molecule has 0 bridgehead atoms. The molecule has 0 radical (unpaired) electrons. The van der Waals surface area contributed by atoms with E-state index in [1.54, 1.807) is 7.11 Å². The Morgan fingerprint density at radius 3 is 2.42 bits per heavy atom. The normalized spacial score (nSPS) is 17.7. The summed E-state index contributed by atoms with van der Waals surface area (Å²) >= 11 is 0. The first-order valence-corrected chi connectivity index (χ1v) is 6.45. The summed E-state index contributed by atoms with van der Waals surface area (Å²) < 4.78 is 10.3. The number of aryl methyl sites for hydroxylation is 2. The highest BCUT2D eigenvalue weighted by Gasteiger charge is 2.56. The fourth-order valence-electron chi connectivity index (χ4n) is 2.76. The van der Waals surface area contributed by atoms with Crippen LogP contribution < -0.4 is 10.5 Å². The highest BCUT2D eigenvalue weighted by molar-refractivity contribution is 5.81. The lowest BCUT2D eigenvalue weighted by Gasteiger charge is -2.25. The van der Waals surface area contributed by atoms with Gasteiger partial charge in [0.2, 0.25) is 0 Å². The molecule has 0 amide bonds. The third-order valence-electron chi connectivity index (χ3n) is 4.00. The SMILES string of the molecule is COC(=O)C1(C(N)c2c(C)cc(C)cc2OC)CC1. The zero-order valence-electron chi connectivity index (χ0n) is 11.9. The van der Waals surface area contributed by atoms with Crippen LogP contribution in [0.4, 0.5) is 0 Å². The van der Waals surface area contributed by atoms with Gasteiger partial charge in [0, 0.05) is 11.6 Å². The molecule has 1 aromatic carbocycles. The Kier molecular flexibility index (Phi) is 3.54. The van der Waals surface area contributed by atoms with Crippen LogP contribution in [0.1, 0.15) is 35.6 Å². The highest BCUT2D eigenvalue weighted by atomic mass is 16.5. The quantitative estimate of drug-likeness (QED) is 0.846. The van der Waals surface area contributed by atoms with E-state index in [1.165, 1.54) is 7.11 Å². The molecule has 4 heteroatoms. The number of carbonyl (C=O) groups is 1. The number of hydrogen-bond acceptors (Lipinski definition) is 4. The average molecular weight is 263 g/mol. The molecule has 1 aliphatic carbocycles. The topological polar surface area (TPSA) is 61.5 Å². The van der Waals surface area contributed by atoms with Crippen LogP contribution in [-0.2, 0) is 9.53 Å². The molecular weight excluding hydrogens is 242 g/mol. The maximum absolute atomic E-state index is 11.9. The Morgan fingerprint density at radius 2 is 1.95 bits per heavy atom. The summed E-state index contributed by atoms with van der Waals surface area (Å²) in [6.07, 6.45) is 1.55. The van der Waals surface area contributed by atoms with E-state index < -0.39 is 5.41 Å². The molecule has 1 aromatic rings. The van der Waals surface area contributed by atoms with Crippen molar-refractivity contribution in [3.63, 3.8) is 0 Å². The smallest absolute Gasteiger partial charge is 0.313 e. The first-order chi connectivity index (χ1) is 8.96. The molecule has 0 aliphatic heterocycles. The molecule has 4 nitrogen and oxygen atoms in total. The summed E-state index contributed by atoms with van der Waals surface area (Å²) in [5.41, 5.74) is 8.88. The number of esters is 1. The molecule has 0 heterocycles. The van der Waals surface area contributed by atoms with Crippen LogP contribution in [0, 0.1) is 19.3 Å². The molecule has 1 saturated carbocycles. The van der Waals surface area contributed by atoms with Gasteiger partial charge in [-0.3, -0.25) is 4.79 Å². The largest absolute Gasteiger partial charge is 0.496 e. The molecule has 2 N–H and O–H groups in total. The lowest BCUT2D eigenvalue weighted by molar-refractivity contribution is -0.148. The number of ether oxygens (including phenoxy) is 2. The van der Waals surface area contributed by atoms with Crippen LogP contribution in [0.2, 0.25) is 0 Å². The number of methoxy groups -OCH3 is 2. The maximum atomic E-state index is 11.9. The van der Waals surface area contributed by atoms with Gasteiger partial charge in [-0.1, -0.05) is 6.07 Å². The van der Waals surface area contributed by atoms with Crippen molar-refractivity contribution >= 4 is 5.97 Å². The number of benzene rings is 1. The predicted molar refractivity (Wildman–Crippen MR) is 73.1 cm³/mol. The fraction of sp³-hybridized carbons (Fsp3) is 0.533. The minimum absolute atomic E-state index is 0.220. The zero-order chi connectivity index (χ0) is 14.2. The number of hydrogen-bond donors (Lipinski definition) is 1. The van der Waals surface area contributed by atoms with Crippen molar-refractivity contribution in [3.8, 4) is 5.75 Å². The summed E-state index contributed by atoms with van der Waals surface area (Å²) in [5.74, 6) is 0.530. The zero-order valence-corrected chi connectivity index (χ0v) is 11.9. The minimum Gasteiger partial charge on any atom is -0.496 e. The molecule has 0 saturated heterocycles. The van der Waals surface area contributed by atoms with E-state index in [4.69, 9.17) is 15.2 Å². The van der Waals surface area contributed by atoms with E-state index in [9.17, 15) is 4.79 Å². The van der Waals surface area contributed by atoms with E-state index in [2.05, 4.69) is 6.07 Å². The summed E-state index contributed by atoms with van der Waals surface area (Å²) in [5, 5.41) is 0. The molecular formula is C15H21NO3. The van der Waals surface area contributed by atoms with Crippen LogP contribution >= 0.6 is 0 Å². The number of rotatable bonds is 4. The molecule has 19 heavy (non-hydrogen) atoms. The van der Waals surface area contributed by atoms with Crippen molar-refractivity contribution in [3.05, 3.63) is 28.8 Å². The van der Waals surface area contributed by atoms with Gasteiger partial charge in [-0.15, -0.1) is 0 Å².